The Hall–Kier alpha value is -2.16. The van der Waals surface area contributed by atoms with Gasteiger partial charge in [-0.2, -0.15) is 0 Å². The average Bonchev–Trinajstić information content (AvgIpc) is 2.45. The van der Waals surface area contributed by atoms with Gasteiger partial charge in [-0.1, -0.05) is 6.92 Å². The Balaban J connectivity index is 2.96. The zero-order valence-electron chi connectivity index (χ0n) is 11.7. The molecule has 0 unspecified atom stereocenters. The predicted molar refractivity (Wildman–Crippen MR) is 77.3 cm³/mol. The first kappa shape index (κ1) is 16.9. The molecule has 21 heavy (non-hydrogen) atoms. The maximum atomic E-state index is 11.4. The van der Waals surface area contributed by atoms with E-state index >= 15 is 0 Å². The Kier molecular flexibility index (Phi) is 5.65. The number of ether oxygens (including phenoxy) is 1. The Morgan fingerprint density at radius 3 is 2.62 bits per heavy atom. The fourth-order valence-electron chi connectivity index (χ4n) is 1.57. The van der Waals surface area contributed by atoms with Gasteiger partial charge in [0.2, 0.25) is 0 Å². The van der Waals surface area contributed by atoms with Crippen molar-refractivity contribution in [1.82, 2.24) is 0 Å². The summed E-state index contributed by atoms with van der Waals surface area (Å²) in [5, 5.41) is 13.6. The quantitative estimate of drug-likeness (QED) is 0.457. The van der Waals surface area contributed by atoms with Crippen molar-refractivity contribution >= 4 is 27.2 Å². The van der Waals surface area contributed by atoms with Crippen LogP contribution in [-0.2, 0) is 14.6 Å². The predicted octanol–water partition coefficient (Wildman–Crippen LogP) is 1.23. The number of hydrogen-bond acceptors (Lipinski definition) is 7. The van der Waals surface area contributed by atoms with E-state index in [9.17, 15) is 23.3 Å². The molecule has 0 aliphatic heterocycles. The highest BCUT2D eigenvalue weighted by Gasteiger charge is 2.17. The Bertz CT molecular complexity index is 641. The van der Waals surface area contributed by atoms with Crippen LogP contribution in [0.25, 0.3) is 0 Å². The summed E-state index contributed by atoms with van der Waals surface area (Å²) in [5.41, 5.74) is -0.0188. The lowest BCUT2D eigenvalue weighted by molar-refractivity contribution is -0.384. The second kappa shape index (κ2) is 7.02. The summed E-state index contributed by atoms with van der Waals surface area (Å²) in [5.74, 6) is -0.781. The van der Waals surface area contributed by atoms with Crippen LogP contribution in [-0.4, -0.2) is 44.5 Å². The standard InChI is InChI=1S/C12H16N2O6S/c1-3-21(18,19)7-6-13-10-8-9(12(15)20-2)4-5-11(10)14(16)17/h4-5,8,13H,3,6-7H2,1-2H3. The molecule has 1 rings (SSSR count). The lowest BCUT2D eigenvalue weighted by atomic mass is 10.1. The molecule has 0 bridgehead atoms. The van der Waals surface area contributed by atoms with Gasteiger partial charge >= 0.3 is 5.97 Å². The van der Waals surface area contributed by atoms with E-state index in [4.69, 9.17) is 0 Å². The van der Waals surface area contributed by atoms with Gasteiger partial charge in [0.05, 0.1) is 23.3 Å². The lowest BCUT2D eigenvalue weighted by Gasteiger charge is -2.08. The normalized spacial score (nSPS) is 11.0. The third kappa shape index (κ3) is 4.71. The Morgan fingerprint density at radius 2 is 2.10 bits per heavy atom. The van der Waals surface area contributed by atoms with Crippen molar-refractivity contribution in [2.24, 2.45) is 0 Å². The van der Waals surface area contributed by atoms with Gasteiger partial charge in [0.25, 0.3) is 5.69 Å². The summed E-state index contributed by atoms with van der Waals surface area (Å²) >= 11 is 0. The minimum absolute atomic E-state index is 0.00102. The molecule has 0 aliphatic carbocycles. The van der Waals surface area contributed by atoms with E-state index < -0.39 is 20.7 Å². The van der Waals surface area contributed by atoms with E-state index in [2.05, 4.69) is 10.1 Å². The first-order valence-electron chi connectivity index (χ1n) is 6.11. The van der Waals surface area contributed by atoms with Crippen molar-refractivity contribution in [2.75, 3.05) is 30.5 Å². The maximum absolute atomic E-state index is 11.4. The van der Waals surface area contributed by atoms with Crippen LogP contribution in [0.15, 0.2) is 18.2 Å². The third-order valence-electron chi connectivity index (χ3n) is 2.78. The second-order valence-corrected chi connectivity index (χ2v) is 6.62. The molecule has 0 aliphatic rings. The molecule has 0 atom stereocenters. The fourth-order valence-corrected chi connectivity index (χ4v) is 2.27. The van der Waals surface area contributed by atoms with E-state index in [0.29, 0.717) is 0 Å². The number of rotatable bonds is 7. The average molecular weight is 316 g/mol. The minimum Gasteiger partial charge on any atom is -0.465 e. The molecule has 1 aromatic carbocycles. The van der Waals surface area contributed by atoms with Gasteiger partial charge in [0, 0.05) is 18.4 Å². The second-order valence-electron chi connectivity index (χ2n) is 4.14. The highest BCUT2D eigenvalue weighted by atomic mass is 32.2. The number of hydrogen-bond donors (Lipinski definition) is 1. The van der Waals surface area contributed by atoms with Gasteiger partial charge in [-0.25, -0.2) is 13.2 Å². The Labute approximate surface area is 122 Å². The number of nitrogens with one attached hydrogen (secondary N) is 1. The molecule has 9 heteroatoms. The summed E-state index contributed by atoms with van der Waals surface area (Å²) in [6, 6.07) is 3.71. The first-order chi connectivity index (χ1) is 9.80. The molecule has 116 valence electrons. The lowest BCUT2D eigenvalue weighted by Crippen LogP contribution is -2.18. The molecule has 0 heterocycles. The maximum Gasteiger partial charge on any atom is 0.337 e. The molecule has 0 aromatic heterocycles. The van der Waals surface area contributed by atoms with Crippen LogP contribution >= 0.6 is 0 Å². The van der Waals surface area contributed by atoms with Gasteiger partial charge in [0.1, 0.15) is 5.69 Å². The largest absolute Gasteiger partial charge is 0.465 e. The van der Waals surface area contributed by atoms with Crippen LogP contribution in [0.4, 0.5) is 11.4 Å². The van der Waals surface area contributed by atoms with Crippen LogP contribution < -0.4 is 5.32 Å². The zero-order valence-corrected chi connectivity index (χ0v) is 12.5. The van der Waals surface area contributed by atoms with E-state index in [-0.39, 0.29) is 35.0 Å². The number of carbonyl (C=O) groups excluding carboxylic acids is 1. The summed E-state index contributed by atoms with van der Waals surface area (Å²) in [4.78, 5) is 21.7. The van der Waals surface area contributed by atoms with Crippen molar-refractivity contribution in [1.29, 1.82) is 0 Å². The van der Waals surface area contributed by atoms with Gasteiger partial charge in [-0.3, -0.25) is 10.1 Å². The summed E-state index contributed by atoms with van der Waals surface area (Å²) in [6.07, 6.45) is 0. The summed E-state index contributed by atoms with van der Waals surface area (Å²) in [6.45, 7) is 1.54. The van der Waals surface area contributed by atoms with Crippen LogP contribution in [0.5, 0.6) is 0 Å². The van der Waals surface area contributed by atoms with Gasteiger partial charge in [-0.15, -0.1) is 0 Å². The summed E-state index contributed by atoms with van der Waals surface area (Å²) in [7, 11) is -1.98. The number of nitrogens with zero attached hydrogens (tertiary/aromatic N) is 1. The van der Waals surface area contributed by atoms with E-state index in [1.165, 1.54) is 32.2 Å². The number of anilines is 1. The number of esters is 1. The molecular weight excluding hydrogens is 300 g/mol. The van der Waals surface area contributed by atoms with E-state index in [1.807, 2.05) is 0 Å². The molecule has 8 nitrogen and oxygen atoms in total. The van der Waals surface area contributed by atoms with Crippen molar-refractivity contribution in [3.8, 4) is 0 Å². The van der Waals surface area contributed by atoms with Crippen LogP contribution in [0.2, 0.25) is 0 Å². The van der Waals surface area contributed by atoms with Crippen molar-refractivity contribution in [2.45, 2.75) is 6.92 Å². The van der Waals surface area contributed by atoms with Crippen molar-refractivity contribution in [3.05, 3.63) is 33.9 Å². The number of nitro benzene ring substituents is 1. The fraction of sp³-hybridized carbons (Fsp3) is 0.417. The van der Waals surface area contributed by atoms with Crippen LogP contribution in [0.3, 0.4) is 0 Å². The molecule has 0 saturated carbocycles. The molecule has 0 radical (unpaired) electrons. The molecule has 0 fully saturated rings. The van der Waals surface area contributed by atoms with Crippen LogP contribution in [0.1, 0.15) is 17.3 Å². The molecule has 1 aromatic rings. The molecule has 0 saturated heterocycles. The van der Waals surface area contributed by atoms with Crippen LogP contribution in [0, 0.1) is 10.1 Å². The molecule has 1 N–H and O–H groups in total. The number of nitro groups is 1. The molecule has 0 amide bonds. The Morgan fingerprint density at radius 1 is 1.43 bits per heavy atom. The smallest absolute Gasteiger partial charge is 0.337 e. The third-order valence-corrected chi connectivity index (χ3v) is 4.49. The van der Waals surface area contributed by atoms with Crippen molar-refractivity contribution < 1.29 is 22.9 Å². The molecule has 0 spiro atoms. The van der Waals surface area contributed by atoms with Gasteiger partial charge in [-0.05, 0) is 12.1 Å². The molecular formula is C12H16N2O6S. The highest BCUT2D eigenvalue weighted by molar-refractivity contribution is 7.91. The number of carbonyl (C=O) groups is 1. The minimum atomic E-state index is -3.18. The zero-order chi connectivity index (χ0) is 16.0. The highest BCUT2D eigenvalue weighted by Crippen LogP contribution is 2.25. The van der Waals surface area contributed by atoms with E-state index in [0.717, 1.165) is 0 Å². The van der Waals surface area contributed by atoms with Crippen molar-refractivity contribution in [3.63, 3.8) is 0 Å². The van der Waals surface area contributed by atoms with Gasteiger partial charge < -0.3 is 10.1 Å². The number of sulfone groups is 1. The van der Waals surface area contributed by atoms with Gasteiger partial charge in [0.15, 0.2) is 9.84 Å². The topological polar surface area (TPSA) is 116 Å². The monoisotopic (exact) mass is 316 g/mol. The first-order valence-corrected chi connectivity index (χ1v) is 7.94. The summed E-state index contributed by atoms with van der Waals surface area (Å²) < 4.78 is 27.3. The number of benzene rings is 1. The van der Waals surface area contributed by atoms with E-state index in [1.54, 1.807) is 0 Å². The SMILES string of the molecule is CCS(=O)(=O)CCNc1cc(C(=O)OC)ccc1[N+](=O)[O-]. The number of methoxy groups -OCH3 is 1.